The first-order chi connectivity index (χ1) is 15.0. The zero-order chi connectivity index (χ0) is 22.2. The molecule has 31 heavy (non-hydrogen) atoms. The SMILES string of the molecule is COc1ccc(C(=O)N[C@@H](C(=O)NCC2CCN(C(C)C)CC2)c2ccccc2)cc1. The van der Waals surface area contributed by atoms with E-state index in [2.05, 4.69) is 29.4 Å². The van der Waals surface area contributed by atoms with E-state index in [4.69, 9.17) is 4.74 Å². The fourth-order valence-corrected chi connectivity index (χ4v) is 3.92. The summed E-state index contributed by atoms with van der Waals surface area (Å²) < 4.78 is 5.15. The van der Waals surface area contributed by atoms with Crippen LogP contribution in [0.25, 0.3) is 0 Å². The fourth-order valence-electron chi connectivity index (χ4n) is 3.92. The Morgan fingerprint density at radius 3 is 2.26 bits per heavy atom. The van der Waals surface area contributed by atoms with Crippen molar-refractivity contribution in [1.29, 1.82) is 0 Å². The molecule has 0 saturated carbocycles. The standard InChI is InChI=1S/C25H33N3O3/c1-18(2)28-15-13-19(14-16-28)17-26-25(30)23(20-7-5-4-6-8-20)27-24(29)21-9-11-22(31-3)12-10-21/h4-12,18-19,23H,13-17H2,1-3H3,(H,26,30)(H,27,29)/t23-/m1/s1. The summed E-state index contributed by atoms with van der Waals surface area (Å²) in [6.45, 7) is 7.20. The molecule has 6 nitrogen and oxygen atoms in total. The van der Waals surface area contributed by atoms with Gasteiger partial charge in [-0.3, -0.25) is 9.59 Å². The van der Waals surface area contributed by atoms with Gasteiger partial charge in [0.15, 0.2) is 0 Å². The Kier molecular flexibility index (Phi) is 8.06. The van der Waals surface area contributed by atoms with Crippen LogP contribution in [0.1, 0.15) is 48.7 Å². The van der Waals surface area contributed by atoms with Crippen LogP contribution in [0.15, 0.2) is 54.6 Å². The van der Waals surface area contributed by atoms with Crippen molar-refractivity contribution in [2.75, 3.05) is 26.7 Å². The molecule has 1 aliphatic heterocycles. The predicted molar refractivity (Wildman–Crippen MR) is 122 cm³/mol. The van der Waals surface area contributed by atoms with Gasteiger partial charge < -0.3 is 20.3 Å². The van der Waals surface area contributed by atoms with Crippen LogP contribution in [0, 0.1) is 5.92 Å². The van der Waals surface area contributed by atoms with Gasteiger partial charge in [0, 0.05) is 18.2 Å². The number of benzene rings is 2. The number of rotatable bonds is 8. The van der Waals surface area contributed by atoms with Crippen molar-refractivity contribution >= 4 is 11.8 Å². The van der Waals surface area contributed by atoms with Gasteiger partial charge in [0.25, 0.3) is 5.91 Å². The predicted octanol–water partition coefficient (Wildman–Crippen LogP) is 3.40. The van der Waals surface area contributed by atoms with E-state index in [0.29, 0.717) is 29.8 Å². The van der Waals surface area contributed by atoms with Crippen LogP contribution in [0.2, 0.25) is 0 Å². The van der Waals surface area contributed by atoms with Crippen LogP contribution in [-0.2, 0) is 4.79 Å². The Morgan fingerprint density at radius 2 is 1.68 bits per heavy atom. The van der Waals surface area contributed by atoms with Gasteiger partial charge in [0.05, 0.1) is 7.11 Å². The average Bonchev–Trinajstić information content (AvgIpc) is 2.81. The van der Waals surface area contributed by atoms with E-state index in [1.165, 1.54) is 0 Å². The highest BCUT2D eigenvalue weighted by molar-refractivity contribution is 5.98. The second-order valence-electron chi connectivity index (χ2n) is 8.36. The number of carbonyl (C=O) groups excluding carboxylic acids is 2. The number of nitrogens with one attached hydrogen (secondary N) is 2. The first-order valence-electron chi connectivity index (χ1n) is 11.0. The summed E-state index contributed by atoms with van der Waals surface area (Å²) in [5, 5.41) is 5.97. The van der Waals surface area contributed by atoms with Gasteiger partial charge in [0.1, 0.15) is 11.8 Å². The van der Waals surface area contributed by atoms with Crippen molar-refractivity contribution in [3.63, 3.8) is 0 Å². The summed E-state index contributed by atoms with van der Waals surface area (Å²) in [6.07, 6.45) is 2.15. The Morgan fingerprint density at radius 1 is 1.03 bits per heavy atom. The number of carbonyl (C=O) groups is 2. The molecule has 0 aromatic heterocycles. The van der Waals surface area contributed by atoms with Gasteiger partial charge in [-0.1, -0.05) is 30.3 Å². The van der Waals surface area contributed by atoms with Crippen molar-refractivity contribution < 1.29 is 14.3 Å². The molecule has 1 atom stereocenters. The normalized spacial score (nSPS) is 16.0. The maximum Gasteiger partial charge on any atom is 0.252 e. The molecule has 1 aliphatic rings. The zero-order valence-electron chi connectivity index (χ0n) is 18.6. The van der Waals surface area contributed by atoms with Gasteiger partial charge in [-0.25, -0.2) is 0 Å². The molecule has 2 amide bonds. The summed E-state index contributed by atoms with van der Waals surface area (Å²) in [5.41, 5.74) is 1.24. The van der Waals surface area contributed by atoms with E-state index in [9.17, 15) is 9.59 Å². The molecule has 0 bridgehead atoms. The van der Waals surface area contributed by atoms with Crippen molar-refractivity contribution in [2.24, 2.45) is 5.92 Å². The third-order valence-corrected chi connectivity index (χ3v) is 5.97. The Labute approximate surface area is 185 Å². The number of likely N-dealkylation sites (tertiary alicyclic amines) is 1. The van der Waals surface area contributed by atoms with E-state index in [1.54, 1.807) is 31.4 Å². The van der Waals surface area contributed by atoms with Gasteiger partial charge in [0.2, 0.25) is 5.91 Å². The molecule has 0 unspecified atom stereocenters. The molecule has 6 heteroatoms. The van der Waals surface area contributed by atoms with Crippen LogP contribution < -0.4 is 15.4 Å². The molecule has 166 valence electrons. The number of ether oxygens (including phenoxy) is 1. The lowest BCUT2D eigenvalue weighted by atomic mass is 9.95. The van der Waals surface area contributed by atoms with E-state index in [0.717, 1.165) is 31.5 Å². The monoisotopic (exact) mass is 423 g/mol. The zero-order valence-corrected chi connectivity index (χ0v) is 18.6. The third kappa shape index (κ3) is 6.31. The summed E-state index contributed by atoms with van der Waals surface area (Å²) in [4.78, 5) is 28.3. The van der Waals surface area contributed by atoms with Crippen LogP contribution in [-0.4, -0.2) is 49.5 Å². The third-order valence-electron chi connectivity index (χ3n) is 5.97. The molecule has 3 rings (SSSR count). The highest BCUT2D eigenvalue weighted by Crippen LogP contribution is 2.20. The summed E-state index contributed by atoms with van der Waals surface area (Å²) >= 11 is 0. The van der Waals surface area contributed by atoms with Gasteiger partial charge >= 0.3 is 0 Å². The molecule has 0 radical (unpaired) electrons. The number of piperidine rings is 1. The molecule has 1 saturated heterocycles. The summed E-state index contributed by atoms with van der Waals surface area (Å²) in [5.74, 6) is 0.668. The molecule has 2 N–H and O–H groups in total. The smallest absolute Gasteiger partial charge is 0.252 e. The Hall–Kier alpha value is -2.86. The van der Waals surface area contributed by atoms with Crippen molar-refractivity contribution in [2.45, 2.75) is 38.8 Å². The summed E-state index contributed by atoms with van der Waals surface area (Å²) in [7, 11) is 1.58. The van der Waals surface area contributed by atoms with E-state index in [1.807, 2.05) is 30.3 Å². The van der Waals surface area contributed by atoms with Gasteiger partial charge in [-0.2, -0.15) is 0 Å². The molecular weight excluding hydrogens is 390 g/mol. The molecule has 0 spiro atoms. The highest BCUT2D eigenvalue weighted by Gasteiger charge is 2.26. The lowest BCUT2D eigenvalue weighted by Gasteiger charge is -2.34. The highest BCUT2D eigenvalue weighted by atomic mass is 16.5. The van der Waals surface area contributed by atoms with Gasteiger partial charge in [-0.15, -0.1) is 0 Å². The van der Waals surface area contributed by atoms with Crippen LogP contribution in [0.3, 0.4) is 0 Å². The minimum absolute atomic E-state index is 0.181. The van der Waals surface area contributed by atoms with Crippen molar-refractivity contribution in [3.05, 3.63) is 65.7 Å². The number of amides is 2. The van der Waals surface area contributed by atoms with Gasteiger partial charge in [-0.05, 0) is 75.5 Å². The van der Waals surface area contributed by atoms with Crippen molar-refractivity contribution in [3.8, 4) is 5.75 Å². The van der Waals surface area contributed by atoms with Crippen molar-refractivity contribution in [1.82, 2.24) is 15.5 Å². The van der Waals surface area contributed by atoms with Crippen LogP contribution in [0.4, 0.5) is 0 Å². The number of hydrogen-bond acceptors (Lipinski definition) is 4. The first kappa shape index (κ1) is 22.8. The fraction of sp³-hybridized carbons (Fsp3) is 0.440. The topological polar surface area (TPSA) is 70.7 Å². The number of nitrogens with zero attached hydrogens (tertiary/aromatic N) is 1. The minimum Gasteiger partial charge on any atom is -0.497 e. The maximum absolute atomic E-state index is 13.1. The minimum atomic E-state index is -0.744. The largest absolute Gasteiger partial charge is 0.497 e. The molecule has 2 aromatic rings. The Bertz CT molecular complexity index is 844. The second kappa shape index (κ2) is 11.0. The second-order valence-corrected chi connectivity index (χ2v) is 8.36. The van der Waals surface area contributed by atoms with E-state index >= 15 is 0 Å². The van der Waals surface area contributed by atoms with E-state index < -0.39 is 6.04 Å². The van der Waals surface area contributed by atoms with Crippen LogP contribution in [0.5, 0.6) is 5.75 Å². The molecule has 1 fully saturated rings. The van der Waals surface area contributed by atoms with E-state index in [-0.39, 0.29) is 11.8 Å². The van der Waals surface area contributed by atoms with Crippen LogP contribution >= 0.6 is 0 Å². The quantitative estimate of drug-likeness (QED) is 0.683. The number of methoxy groups -OCH3 is 1. The lowest BCUT2D eigenvalue weighted by Crippen LogP contribution is -2.44. The Balaban J connectivity index is 1.63. The molecule has 1 heterocycles. The molecule has 0 aliphatic carbocycles. The molecular formula is C25H33N3O3. The number of hydrogen-bond donors (Lipinski definition) is 2. The first-order valence-corrected chi connectivity index (χ1v) is 11.0. The average molecular weight is 424 g/mol. The maximum atomic E-state index is 13.1. The summed E-state index contributed by atoms with van der Waals surface area (Å²) in [6, 6.07) is 16.0. The molecule has 2 aromatic carbocycles. The lowest BCUT2D eigenvalue weighted by molar-refractivity contribution is -0.123.